The number of carbonyl (C=O) groups is 1. The number of hydrogen-bond acceptors (Lipinski definition) is 3. The highest BCUT2D eigenvalue weighted by Crippen LogP contribution is 2.22. The van der Waals surface area contributed by atoms with Crippen molar-refractivity contribution in [3.8, 4) is 0 Å². The van der Waals surface area contributed by atoms with E-state index in [4.69, 9.17) is 4.74 Å². The zero-order valence-electron chi connectivity index (χ0n) is 13.7. The van der Waals surface area contributed by atoms with E-state index >= 15 is 0 Å². The minimum atomic E-state index is -0.340. The molecule has 2 aromatic carbocycles. The molecule has 1 aromatic heterocycles. The smallest absolute Gasteiger partial charge is 0.253 e. The minimum absolute atomic E-state index is 0.0800. The first-order valence-electron chi connectivity index (χ1n) is 8.44. The topological polar surface area (TPSA) is 67.0 Å². The van der Waals surface area contributed by atoms with Gasteiger partial charge in [-0.3, -0.25) is 9.89 Å². The van der Waals surface area contributed by atoms with Crippen LogP contribution in [-0.4, -0.2) is 28.8 Å². The Morgan fingerprint density at radius 3 is 2.88 bits per heavy atom. The van der Waals surface area contributed by atoms with Crippen molar-refractivity contribution in [2.45, 2.75) is 18.9 Å². The first kappa shape index (κ1) is 15.6. The highest BCUT2D eigenvalue weighted by Gasteiger charge is 2.23. The molecule has 1 saturated heterocycles. The normalized spacial score (nSPS) is 17.4. The summed E-state index contributed by atoms with van der Waals surface area (Å²) in [6.07, 6.45) is 5.30. The van der Waals surface area contributed by atoms with Crippen LogP contribution >= 0.6 is 0 Å². The van der Waals surface area contributed by atoms with Crippen LogP contribution in [0, 0.1) is 0 Å². The van der Waals surface area contributed by atoms with Gasteiger partial charge in [-0.05, 0) is 36.6 Å². The number of aromatic nitrogens is 2. The first-order chi connectivity index (χ1) is 12.3. The molecule has 1 unspecified atom stereocenters. The molecule has 0 aliphatic carbocycles. The maximum absolute atomic E-state index is 12.3. The molecule has 0 spiro atoms. The summed E-state index contributed by atoms with van der Waals surface area (Å²) in [6, 6.07) is 15.7. The Labute approximate surface area is 145 Å². The number of fused-ring (bicyclic) bond motifs is 1. The second kappa shape index (κ2) is 6.91. The number of aromatic amines is 1. The largest absolute Gasteiger partial charge is 0.368 e. The second-order valence-corrected chi connectivity index (χ2v) is 6.07. The quantitative estimate of drug-likeness (QED) is 0.762. The summed E-state index contributed by atoms with van der Waals surface area (Å²) in [5, 5.41) is 11.4. The summed E-state index contributed by atoms with van der Waals surface area (Å²) in [5.74, 6) is -0.0800. The Kier molecular flexibility index (Phi) is 4.31. The molecule has 0 radical (unpaired) electrons. The van der Waals surface area contributed by atoms with Crippen LogP contribution in [-0.2, 0) is 9.53 Å². The number of amides is 1. The SMILES string of the molecule is O=C(Nc1ccccc1/C=C/c1n[nH]c2ccccc12)C1CCCO1. The summed E-state index contributed by atoms with van der Waals surface area (Å²) in [5.41, 5.74) is 3.58. The average molecular weight is 333 g/mol. The van der Waals surface area contributed by atoms with E-state index in [1.165, 1.54) is 0 Å². The maximum Gasteiger partial charge on any atom is 0.253 e. The van der Waals surface area contributed by atoms with E-state index < -0.39 is 0 Å². The predicted molar refractivity (Wildman–Crippen MR) is 99.1 cm³/mol. The predicted octanol–water partition coefficient (Wildman–Crippen LogP) is 3.85. The number of H-pyrrole nitrogens is 1. The average Bonchev–Trinajstić information content (AvgIpc) is 3.31. The van der Waals surface area contributed by atoms with Gasteiger partial charge in [-0.25, -0.2) is 0 Å². The number of benzene rings is 2. The molecule has 1 fully saturated rings. The molecule has 2 N–H and O–H groups in total. The van der Waals surface area contributed by atoms with Crippen LogP contribution in [0.5, 0.6) is 0 Å². The van der Waals surface area contributed by atoms with Crippen molar-refractivity contribution in [3.63, 3.8) is 0 Å². The van der Waals surface area contributed by atoms with Gasteiger partial charge in [0, 0.05) is 17.7 Å². The lowest BCUT2D eigenvalue weighted by atomic mass is 10.1. The molecule has 5 nitrogen and oxygen atoms in total. The van der Waals surface area contributed by atoms with Crippen molar-refractivity contribution < 1.29 is 9.53 Å². The van der Waals surface area contributed by atoms with E-state index in [2.05, 4.69) is 15.5 Å². The van der Waals surface area contributed by atoms with E-state index in [0.29, 0.717) is 6.61 Å². The lowest BCUT2D eigenvalue weighted by Gasteiger charge is -2.12. The van der Waals surface area contributed by atoms with Crippen LogP contribution in [0.3, 0.4) is 0 Å². The van der Waals surface area contributed by atoms with E-state index in [9.17, 15) is 4.79 Å². The molecule has 5 heteroatoms. The first-order valence-corrected chi connectivity index (χ1v) is 8.44. The van der Waals surface area contributed by atoms with Gasteiger partial charge in [0.15, 0.2) is 0 Å². The molecule has 2 heterocycles. The molecule has 1 amide bonds. The summed E-state index contributed by atoms with van der Waals surface area (Å²) in [7, 11) is 0. The number of ether oxygens (including phenoxy) is 1. The third-order valence-electron chi connectivity index (χ3n) is 4.36. The Morgan fingerprint density at radius 1 is 1.16 bits per heavy atom. The zero-order chi connectivity index (χ0) is 17.1. The van der Waals surface area contributed by atoms with Crippen LogP contribution in [0.15, 0.2) is 48.5 Å². The Bertz CT molecular complexity index is 923. The molecular formula is C20H19N3O2. The monoisotopic (exact) mass is 333 g/mol. The van der Waals surface area contributed by atoms with Gasteiger partial charge in [0.2, 0.25) is 0 Å². The molecule has 1 aliphatic rings. The van der Waals surface area contributed by atoms with Crippen molar-refractivity contribution in [1.82, 2.24) is 10.2 Å². The molecule has 0 saturated carbocycles. The van der Waals surface area contributed by atoms with Gasteiger partial charge in [-0.2, -0.15) is 5.10 Å². The number of rotatable bonds is 4. The molecule has 4 rings (SSSR count). The van der Waals surface area contributed by atoms with Crippen molar-refractivity contribution >= 4 is 34.6 Å². The highest BCUT2D eigenvalue weighted by molar-refractivity contribution is 5.97. The molecule has 25 heavy (non-hydrogen) atoms. The standard InChI is InChI=1S/C20H19N3O2/c24-20(19-10-5-13-25-19)21-16-8-3-1-6-14(16)11-12-18-15-7-2-4-9-17(15)22-23-18/h1-4,6-9,11-12,19H,5,10,13H2,(H,21,24)(H,22,23)/b12-11+. The number of nitrogens with zero attached hydrogens (tertiary/aromatic N) is 1. The summed E-state index contributed by atoms with van der Waals surface area (Å²) in [4.78, 5) is 12.3. The summed E-state index contributed by atoms with van der Waals surface area (Å²) in [6.45, 7) is 0.659. The Morgan fingerprint density at radius 2 is 2.00 bits per heavy atom. The lowest BCUT2D eigenvalue weighted by Crippen LogP contribution is -2.27. The van der Waals surface area contributed by atoms with Crippen molar-refractivity contribution in [2.24, 2.45) is 0 Å². The van der Waals surface area contributed by atoms with Crippen LogP contribution < -0.4 is 5.32 Å². The number of anilines is 1. The van der Waals surface area contributed by atoms with Crippen LogP contribution in [0.25, 0.3) is 23.1 Å². The number of carbonyl (C=O) groups excluding carboxylic acids is 1. The van der Waals surface area contributed by atoms with Crippen LogP contribution in [0.2, 0.25) is 0 Å². The van der Waals surface area contributed by atoms with Gasteiger partial charge in [0.05, 0.1) is 11.2 Å². The third kappa shape index (κ3) is 3.32. The maximum atomic E-state index is 12.3. The van der Waals surface area contributed by atoms with Gasteiger partial charge < -0.3 is 10.1 Å². The highest BCUT2D eigenvalue weighted by atomic mass is 16.5. The van der Waals surface area contributed by atoms with E-state index in [1.807, 2.05) is 60.7 Å². The molecule has 3 aromatic rings. The van der Waals surface area contributed by atoms with Gasteiger partial charge >= 0.3 is 0 Å². The van der Waals surface area contributed by atoms with Crippen LogP contribution in [0.4, 0.5) is 5.69 Å². The third-order valence-corrected chi connectivity index (χ3v) is 4.36. The van der Waals surface area contributed by atoms with Gasteiger partial charge in [-0.15, -0.1) is 0 Å². The number of nitrogens with one attached hydrogen (secondary N) is 2. The second-order valence-electron chi connectivity index (χ2n) is 6.07. The Hall–Kier alpha value is -2.92. The van der Waals surface area contributed by atoms with E-state index in [-0.39, 0.29) is 12.0 Å². The van der Waals surface area contributed by atoms with Crippen molar-refractivity contribution in [1.29, 1.82) is 0 Å². The van der Waals surface area contributed by atoms with Crippen molar-refractivity contribution in [2.75, 3.05) is 11.9 Å². The zero-order valence-corrected chi connectivity index (χ0v) is 13.7. The fourth-order valence-electron chi connectivity index (χ4n) is 3.03. The van der Waals surface area contributed by atoms with Gasteiger partial charge in [-0.1, -0.05) is 42.5 Å². The fraction of sp³-hybridized carbons (Fsp3) is 0.200. The van der Waals surface area contributed by atoms with Crippen molar-refractivity contribution in [3.05, 3.63) is 59.8 Å². The summed E-state index contributed by atoms with van der Waals surface area (Å²) < 4.78 is 5.45. The van der Waals surface area contributed by atoms with Gasteiger partial charge in [0.25, 0.3) is 5.91 Å². The Balaban J connectivity index is 1.57. The molecular weight excluding hydrogens is 314 g/mol. The minimum Gasteiger partial charge on any atom is -0.368 e. The molecule has 126 valence electrons. The molecule has 0 bridgehead atoms. The molecule has 1 atom stereocenters. The lowest BCUT2D eigenvalue weighted by molar-refractivity contribution is -0.124. The summed E-state index contributed by atoms with van der Waals surface area (Å²) >= 11 is 0. The number of para-hydroxylation sites is 2. The van der Waals surface area contributed by atoms with Crippen LogP contribution in [0.1, 0.15) is 24.1 Å². The fourth-order valence-corrected chi connectivity index (χ4v) is 3.03. The molecule has 1 aliphatic heterocycles. The van der Waals surface area contributed by atoms with E-state index in [1.54, 1.807) is 0 Å². The van der Waals surface area contributed by atoms with Gasteiger partial charge in [0.1, 0.15) is 6.10 Å². The van der Waals surface area contributed by atoms with E-state index in [0.717, 1.165) is 40.7 Å². The number of hydrogen-bond donors (Lipinski definition) is 2.